The van der Waals surface area contributed by atoms with Crippen molar-refractivity contribution in [2.45, 2.75) is 64.6 Å². The molecule has 2 fully saturated rings. The van der Waals surface area contributed by atoms with Gasteiger partial charge in [-0.25, -0.2) is 9.18 Å². The maximum atomic E-state index is 14.9. The number of hydrogen-bond donors (Lipinski definition) is 0. The quantitative estimate of drug-likeness (QED) is 0.464. The number of amides is 1. The van der Waals surface area contributed by atoms with Crippen molar-refractivity contribution in [1.82, 2.24) is 4.90 Å². The molecule has 3 rings (SSSR count). The average molecular weight is 460 g/mol. The third kappa shape index (κ3) is 5.12. The Hall–Kier alpha value is -2.70. The fraction of sp³-hybridized carbons (Fsp3) is 0.577. The number of carbonyl (C=O) groups excluding carboxylic acids is 3. The van der Waals surface area contributed by atoms with E-state index >= 15 is 0 Å². The second kappa shape index (κ2) is 10.5. The van der Waals surface area contributed by atoms with Crippen LogP contribution in [0, 0.1) is 29.5 Å². The van der Waals surface area contributed by atoms with Crippen LogP contribution in [0.4, 0.5) is 4.39 Å². The van der Waals surface area contributed by atoms with E-state index in [9.17, 15) is 18.8 Å². The van der Waals surface area contributed by atoms with Crippen LogP contribution >= 0.6 is 0 Å². The molecule has 1 aliphatic heterocycles. The number of halogens is 1. The molecule has 0 bridgehead atoms. The molecule has 0 N–H and O–H groups in total. The van der Waals surface area contributed by atoms with Crippen LogP contribution in [0.1, 0.15) is 58.1 Å². The van der Waals surface area contributed by atoms with Crippen molar-refractivity contribution in [2.24, 2.45) is 23.7 Å². The number of likely N-dealkylation sites (tertiary alicyclic amines) is 1. The molecule has 33 heavy (non-hydrogen) atoms. The van der Waals surface area contributed by atoms with Crippen molar-refractivity contribution in [3.63, 3.8) is 0 Å². The van der Waals surface area contributed by atoms with Crippen LogP contribution < -0.4 is 0 Å². The second-order valence-corrected chi connectivity index (χ2v) is 9.60. The van der Waals surface area contributed by atoms with Crippen molar-refractivity contribution >= 4 is 17.8 Å². The lowest BCUT2D eigenvalue weighted by molar-refractivity contribution is -0.162. The summed E-state index contributed by atoms with van der Waals surface area (Å²) < 4.78 is 25.8. The highest BCUT2D eigenvalue weighted by molar-refractivity contribution is 5.93. The summed E-state index contributed by atoms with van der Waals surface area (Å²) in [6.07, 6.45) is 3.65. The summed E-state index contributed by atoms with van der Waals surface area (Å²) in [5.74, 6) is -2.18. The van der Waals surface area contributed by atoms with E-state index in [2.05, 4.69) is 27.4 Å². The topological polar surface area (TPSA) is 72.9 Å². The van der Waals surface area contributed by atoms with Gasteiger partial charge in [0.25, 0.3) is 0 Å². The molecule has 0 unspecified atom stereocenters. The Balaban J connectivity index is 1.99. The van der Waals surface area contributed by atoms with E-state index in [-0.39, 0.29) is 24.0 Å². The van der Waals surface area contributed by atoms with Crippen molar-refractivity contribution < 1.29 is 28.2 Å². The Morgan fingerprint density at radius 2 is 1.85 bits per heavy atom. The molecule has 1 saturated heterocycles. The first-order valence-electron chi connectivity index (χ1n) is 11.7. The molecule has 1 heterocycles. The summed E-state index contributed by atoms with van der Waals surface area (Å²) >= 11 is 0. The normalized spacial score (nSPS) is 29.6. The highest BCUT2D eigenvalue weighted by atomic mass is 19.1. The number of benzene rings is 1. The van der Waals surface area contributed by atoms with Crippen LogP contribution in [0.3, 0.4) is 0 Å². The smallest absolute Gasteiger partial charge is 0.328 e. The number of methoxy groups -OCH3 is 1. The lowest BCUT2D eigenvalue weighted by Gasteiger charge is -2.37. The number of hydrogen-bond acceptors (Lipinski definition) is 5. The van der Waals surface area contributed by atoms with Gasteiger partial charge in [-0.2, -0.15) is 0 Å². The van der Waals surface area contributed by atoms with E-state index in [0.717, 1.165) is 25.3 Å². The zero-order valence-electron chi connectivity index (χ0n) is 19.8. The zero-order chi connectivity index (χ0) is 24.3. The molecule has 1 amide bonds. The van der Waals surface area contributed by atoms with Gasteiger partial charge in [0.2, 0.25) is 5.91 Å². The summed E-state index contributed by atoms with van der Waals surface area (Å²) in [5.41, 5.74) is 0.165. The first-order chi connectivity index (χ1) is 15.7. The molecule has 1 aromatic rings. The van der Waals surface area contributed by atoms with Gasteiger partial charge < -0.3 is 14.4 Å². The minimum atomic E-state index is -1.03. The van der Waals surface area contributed by atoms with Gasteiger partial charge in [-0.15, -0.1) is 0 Å². The standard InChI is InChI=1S/C26H34FNO5/c1-6-23(29)28-21(26(31)32-5)14-19(24(28)18-9-7-8-10-20(18)27)25(30)33-22-13-16(4)11-12-17(22)15(2)3/h6-10,15-17,19,21-22,24H,1,11-14H2,2-5H3/t16-,17+,19+,21+,22-,24+/m1/s1. The van der Waals surface area contributed by atoms with Gasteiger partial charge in [0.15, 0.2) is 0 Å². The summed E-state index contributed by atoms with van der Waals surface area (Å²) in [6.45, 7) is 9.91. The summed E-state index contributed by atoms with van der Waals surface area (Å²) in [4.78, 5) is 40.1. The monoisotopic (exact) mass is 459 g/mol. The average Bonchev–Trinajstić information content (AvgIpc) is 3.18. The van der Waals surface area contributed by atoms with Crippen LogP contribution in [0.5, 0.6) is 0 Å². The van der Waals surface area contributed by atoms with Crippen molar-refractivity contribution in [3.8, 4) is 0 Å². The van der Waals surface area contributed by atoms with Crippen molar-refractivity contribution in [3.05, 3.63) is 48.3 Å². The molecule has 1 saturated carbocycles. The predicted molar refractivity (Wildman–Crippen MR) is 121 cm³/mol. The number of esters is 2. The van der Waals surface area contributed by atoms with Crippen LogP contribution in [0.25, 0.3) is 0 Å². The van der Waals surface area contributed by atoms with Gasteiger partial charge in [-0.05, 0) is 49.2 Å². The molecular formula is C26H34FNO5. The van der Waals surface area contributed by atoms with Gasteiger partial charge in [0.1, 0.15) is 18.0 Å². The third-order valence-corrected chi connectivity index (χ3v) is 7.15. The fourth-order valence-electron chi connectivity index (χ4n) is 5.41. The molecule has 6 atom stereocenters. The van der Waals surface area contributed by atoms with Crippen LogP contribution in [0.2, 0.25) is 0 Å². The molecular weight excluding hydrogens is 425 g/mol. The molecule has 0 aromatic heterocycles. The summed E-state index contributed by atoms with van der Waals surface area (Å²) in [5, 5.41) is 0. The number of nitrogens with zero attached hydrogens (tertiary/aromatic N) is 1. The number of rotatable bonds is 6. The Morgan fingerprint density at radius 3 is 2.45 bits per heavy atom. The highest BCUT2D eigenvalue weighted by Gasteiger charge is 2.52. The fourth-order valence-corrected chi connectivity index (χ4v) is 5.41. The van der Waals surface area contributed by atoms with Crippen LogP contribution in [0.15, 0.2) is 36.9 Å². The van der Waals surface area contributed by atoms with Gasteiger partial charge in [-0.1, -0.05) is 52.0 Å². The summed E-state index contributed by atoms with van der Waals surface area (Å²) in [7, 11) is 1.22. The summed E-state index contributed by atoms with van der Waals surface area (Å²) in [6, 6.07) is 3.95. The van der Waals surface area contributed by atoms with Gasteiger partial charge >= 0.3 is 11.9 Å². The van der Waals surface area contributed by atoms with Gasteiger partial charge in [0, 0.05) is 5.56 Å². The van der Waals surface area contributed by atoms with Gasteiger partial charge in [-0.3, -0.25) is 9.59 Å². The van der Waals surface area contributed by atoms with Crippen LogP contribution in [-0.2, 0) is 23.9 Å². The third-order valence-electron chi connectivity index (χ3n) is 7.15. The lowest BCUT2D eigenvalue weighted by Crippen LogP contribution is -2.42. The molecule has 7 heteroatoms. The Kier molecular flexibility index (Phi) is 7.92. The first-order valence-corrected chi connectivity index (χ1v) is 11.7. The zero-order valence-corrected chi connectivity index (χ0v) is 19.8. The van der Waals surface area contributed by atoms with E-state index in [4.69, 9.17) is 9.47 Å². The minimum absolute atomic E-state index is 0.00128. The SMILES string of the molecule is C=CC(=O)N1[C@H](C(=O)OC)C[C@H](C(=O)O[C@@H]2C[C@H](C)CC[C@H]2C(C)C)[C@@H]1c1ccccc1F. The largest absolute Gasteiger partial charge is 0.467 e. The maximum absolute atomic E-state index is 14.9. The first kappa shape index (κ1) is 24.9. The van der Waals surface area contributed by atoms with Gasteiger partial charge in [0.05, 0.1) is 19.1 Å². The van der Waals surface area contributed by atoms with Crippen LogP contribution in [-0.4, -0.2) is 42.0 Å². The van der Waals surface area contributed by atoms with E-state index in [1.807, 2.05) is 0 Å². The minimum Gasteiger partial charge on any atom is -0.467 e. The maximum Gasteiger partial charge on any atom is 0.328 e. The van der Waals surface area contributed by atoms with Crippen molar-refractivity contribution in [2.75, 3.05) is 7.11 Å². The van der Waals surface area contributed by atoms with E-state index in [1.165, 1.54) is 30.2 Å². The van der Waals surface area contributed by atoms with E-state index < -0.39 is 41.7 Å². The predicted octanol–water partition coefficient (Wildman–Crippen LogP) is 4.45. The van der Waals surface area contributed by atoms with E-state index in [0.29, 0.717) is 11.8 Å². The molecule has 0 spiro atoms. The van der Waals surface area contributed by atoms with E-state index in [1.54, 1.807) is 6.07 Å². The lowest BCUT2D eigenvalue weighted by atomic mass is 9.75. The molecule has 1 aliphatic carbocycles. The second-order valence-electron chi connectivity index (χ2n) is 9.60. The molecule has 1 aromatic carbocycles. The molecule has 2 aliphatic rings. The molecule has 0 radical (unpaired) electrons. The molecule has 6 nitrogen and oxygen atoms in total. The number of ether oxygens (including phenoxy) is 2. The Bertz CT molecular complexity index is 900. The number of carbonyl (C=O) groups is 3. The highest BCUT2D eigenvalue weighted by Crippen LogP contribution is 2.44. The Labute approximate surface area is 195 Å². The molecule has 180 valence electrons. The Morgan fingerprint density at radius 1 is 1.15 bits per heavy atom. The van der Waals surface area contributed by atoms with Crippen molar-refractivity contribution in [1.29, 1.82) is 0 Å².